The molecule has 0 bridgehead atoms. The molecule has 162 valence electrons. The fourth-order valence-electron chi connectivity index (χ4n) is 2.41. The van der Waals surface area contributed by atoms with E-state index in [9.17, 15) is 18.0 Å². The van der Waals surface area contributed by atoms with Crippen LogP contribution in [0, 0.1) is 0 Å². The van der Waals surface area contributed by atoms with Gasteiger partial charge in [0.25, 0.3) is 15.9 Å². The Morgan fingerprint density at radius 2 is 1.67 bits per heavy atom. The summed E-state index contributed by atoms with van der Waals surface area (Å²) in [5, 5.41) is 5.71. The molecule has 2 amide bonds. The van der Waals surface area contributed by atoms with Crippen LogP contribution in [0.1, 0.15) is 38.1 Å². The highest BCUT2D eigenvalue weighted by Crippen LogP contribution is 2.26. The second-order valence-corrected chi connectivity index (χ2v) is 10.2. The van der Waals surface area contributed by atoms with Gasteiger partial charge in [0.1, 0.15) is 6.04 Å². The van der Waals surface area contributed by atoms with E-state index in [4.69, 9.17) is 23.2 Å². The zero-order valence-corrected chi connectivity index (χ0v) is 19.2. The van der Waals surface area contributed by atoms with E-state index in [2.05, 4.69) is 15.4 Å². The quantitative estimate of drug-likeness (QED) is 0.595. The molecule has 0 aliphatic carbocycles. The second-order valence-electron chi connectivity index (χ2n) is 7.70. The van der Waals surface area contributed by atoms with E-state index in [1.807, 2.05) is 20.8 Å². The van der Waals surface area contributed by atoms with Crippen LogP contribution in [-0.4, -0.2) is 31.8 Å². The molecule has 7 nitrogen and oxygen atoms in total. The first-order valence-corrected chi connectivity index (χ1v) is 11.2. The number of halogens is 2. The summed E-state index contributed by atoms with van der Waals surface area (Å²) < 4.78 is 27.6. The Morgan fingerprint density at radius 3 is 2.27 bits per heavy atom. The number of carbonyl (C=O) groups is 2. The van der Waals surface area contributed by atoms with Crippen LogP contribution in [0.5, 0.6) is 0 Å². The van der Waals surface area contributed by atoms with Crippen LogP contribution in [0.15, 0.2) is 47.4 Å². The van der Waals surface area contributed by atoms with E-state index in [1.165, 1.54) is 42.5 Å². The van der Waals surface area contributed by atoms with Gasteiger partial charge >= 0.3 is 0 Å². The maximum absolute atomic E-state index is 12.6. The van der Waals surface area contributed by atoms with E-state index in [1.54, 1.807) is 6.92 Å². The lowest BCUT2D eigenvalue weighted by Crippen LogP contribution is -2.50. The third kappa shape index (κ3) is 6.62. The highest BCUT2D eigenvalue weighted by molar-refractivity contribution is 7.92. The Labute approximate surface area is 186 Å². The van der Waals surface area contributed by atoms with Crippen LogP contribution in [0.25, 0.3) is 0 Å². The minimum atomic E-state index is -3.94. The maximum atomic E-state index is 12.6. The van der Waals surface area contributed by atoms with Crippen molar-refractivity contribution in [3.63, 3.8) is 0 Å². The summed E-state index contributed by atoms with van der Waals surface area (Å²) in [6, 6.07) is 9.09. The number of anilines is 1. The minimum absolute atomic E-state index is 0.0702. The van der Waals surface area contributed by atoms with Gasteiger partial charge in [0.2, 0.25) is 5.91 Å². The van der Waals surface area contributed by atoms with Crippen LogP contribution in [0.4, 0.5) is 5.69 Å². The summed E-state index contributed by atoms with van der Waals surface area (Å²) >= 11 is 11.7. The second kappa shape index (κ2) is 9.24. The van der Waals surface area contributed by atoms with Gasteiger partial charge in [0.05, 0.1) is 14.9 Å². The fourth-order valence-corrected chi connectivity index (χ4v) is 3.84. The van der Waals surface area contributed by atoms with Crippen LogP contribution in [-0.2, 0) is 14.8 Å². The largest absolute Gasteiger partial charge is 0.350 e. The summed E-state index contributed by atoms with van der Waals surface area (Å²) in [5.74, 6) is -0.838. The number of hydrogen-bond acceptors (Lipinski definition) is 4. The van der Waals surface area contributed by atoms with Gasteiger partial charge < -0.3 is 10.6 Å². The highest BCUT2D eigenvalue weighted by atomic mass is 35.5. The number of hydrogen-bond donors (Lipinski definition) is 3. The predicted octanol–water partition coefficient (Wildman–Crippen LogP) is 3.83. The maximum Gasteiger partial charge on any atom is 0.261 e. The van der Waals surface area contributed by atoms with E-state index >= 15 is 0 Å². The first-order chi connectivity index (χ1) is 13.8. The van der Waals surface area contributed by atoms with Crippen molar-refractivity contribution in [2.75, 3.05) is 4.72 Å². The van der Waals surface area contributed by atoms with Gasteiger partial charge in [-0.2, -0.15) is 0 Å². The van der Waals surface area contributed by atoms with Crippen LogP contribution >= 0.6 is 23.2 Å². The molecule has 0 aliphatic rings. The molecule has 1 unspecified atom stereocenters. The highest BCUT2D eigenvalue weighted by Gasteiger charge is 2.22. The molecule has 30 heavy (non-hydrogen) atoms. The number of rotatable bonds is 6. The van der Waals surface area contributed by atoms with Crippen molar-refractivity contribution in [1.82, 2.24) is 10.6 Å². The summed E-state index contributed by atoms with van der Waals surface area (Å²) in [4.78, 5) is 24.6. The lowest BCUT2D eigenvalue weighted by atomic mass is 10.1. The molecule has 0 heterocycles. The summed E-state index contributed by atoms with van der Waals surface area (Å²) in [7, 11) is -3.94. The summed E-state index contributed by atoms with van der Waals surface area (Å²) in [6.07, 6.45) is 0. The SMILES string of the molecule is CC(NC(=O)c1cccc(NS(=O)(=O)c2ccc(Cl)c(Cl)c2)c1)C(=O)NC(C)(C)C. The third-order valence-corrected chi connectivity index (χ3v) is 5.94. The Morgan fingerprint density at radius 1 is 1.00 bits per heavy atom. The minimum Gasteiger partial charge on any atom is -0.350 e. The van der Waals surface area contributed by atoms with Gasteiger partial charge in [0, 0.05) is 16.8 Å². The van der Waals surface area contributed by atoms with Crippen molar-refractivity contribution in [3.05, 3.63) is 58.1 Å². The predicted molar refractivity (Wildman–Crippen MR) is 119 cm³/mol. The standard InChI is InChI=1S/C20H23Cl2N3O4S/c1-12(18(26)24-20(2,3)4)23-19(27)13-6-5-7-14(10-13)25-30(28,29)15-8-9-16(21)17(22)11-15/h5-12,25H,1-4H3,(H,23,27)(H,24,26). The first-order valence-electron chi connectivity index (χ1n) is 8.99. The third-order valence-electron chi connectivity index (χ3n) is 3.82. The molecule has 2 aromatic rings. The molecule has 3 N–H and O–H groups in total. The topological polar surface area (TPSA) is 104 Å². The first kappa shape index (κ1) is 24.0. The Kier molecular flexibility index (Phi) is 7.39. The molecule has 2 aromatic carbocycles. The van der Waals surface area contributed by atoms with Crippen molar-refractivity contribution >= 4 is 50.7 Å². The smallest absolute Gasteiger partial charge is 0.261 e. The van der Waals surface area contributed by atoms with Crippen molar-refractivity contribution in [2.24, 2.45) is 0 Å². The zero-order valence-electron chi connectivity index (χ0n) is 16.9. The molecule has 10 heteroatoms. The van der Waals surface area contributed by atoms with Crippen molar-refractivity contribution in [2.45, 2.75) is 44.2 Å². The molecule has 0 saturated heterocycles. The van der Waals surface area contributed by atoms with E-state index in [0.717, 1.165) is 0 Å². The van der Waals surface area contributed by atoms with Crippen molar-refractivity contribution in [3.8, 4) is 0 Å². The molecular weight excluding hydrogens is 449 g/mol. The lowest BCUT2D eigenvalue weighted by Gasteiger charge is -2.23. The van der Waals surface area contributed by atoms with Crippen molar-refractivity contribution < 1.29 is 18.0 Å². The summed E-state index contributed by atoms with van der Waals surface area (Å²) in [6.45, 7) is 7.07. The molecule has 0 saturated carbocycles. The number of nitrogens with one attached hydrogen (secondary N) is 3. The van der Waals surface area contributed by atoms with Gasteiger partial charge in [-0.25, -0.2) is 8.42 Å². The van der Waals surface area contributed by atoms with Gasteiger partial charge in [-0.1, -0.05) is 29.3 Å². The molecule has 0 aromatic heterocycles. The summed E-state index contributed by atoms with van der Waals surface area (Å²) in [5.41, 5.74) is -0.0565. The zero-order chi connectivity index (χ0) is 22.7. The van der Waals surface area contributed by atoms with Gasteiger partial charge in [0.15, 0.2) is 0 Å². The van der Waals surface area contributed by atoms with Crippen LogP contribution in [0.3, 0.4) is 0 Å². The average Bonchev–Trinajstić information content (AvgIpc) is 2.62. The monoisotopic (exact) mass is 471 g/mol. The van der Waals surface area contributed by atoms with Crippen LogP contribution < -0.4 is 15.4 Å². The Hall–Kier alpha value is -2.29. The molecule has 0 spiro atoms. The average molecular weight is 472 g/mol. The van der Waals surface area contributed by atoms with Gasteiger partial charge in [-0.15, -0.1) is 0 Å². The molecule has 0 fully saturated rings. The lowest BCUT2D eigenvalue weighted by molar-refractivity contribution is -0.124. The Balaban J connectivity index is 2.14. The fraction of sp³-hybridized carbons (Fsp3) is 0.300. The number of benzene rings is 2. The van der Waals surface area contributed by atoms with E-state index < -0.39 is 27.5 Å². The Bertz CT molecular complexity index is 1070. The van der Waals surface area contributed by atoms with E-state index in [0.29, 0.717) is 0 Å². The number of amides is 2. The molecule has 1 atom stereocenters. The molecule has 0 aliphatic heterocycles. The van der Waals surface area contributed by atoms with E-state index in [-0.39, 0.29) is 32.1 Å². The molecule has 2 rings (SSSR count). The molecule has 0 radical (unpaired) electrons. The number of carbonyl (C=O) groups excluding carboxylic acids is 2. The molecular formula is C20H23Cl2N3O4S. The van der Waals surface area contributed by atoms with Gasteiger partial charge in [-0.05, 0) is 64.1 Å². The number of sulfonamides is 1. The normalized spacial score (nSPS) is 12.7. The van der Waals surface area contributed by atoms with Crippen LogP contribution in [0.2, 0.25) is 10.0 Å². The van der Waals surface area contributed by atoms with Crippen molar-refractivity contribution in [1.29, 1.82) is 0 Å². The van der Waals surface area contributed by atoms with Gasteiger partial charge in [-0.3, -0.25) is 14.3 Å².